The lowest BCUT2D eigenvalue weighted by molar-refractivity contribution is 0.161. The Morgan fingerprint density at radius 3 is 2.94 bits per heavy atom. The summed E-state index contributed by atoms with van der Waals surface area (Å²) in [5.41, 5.74) is 0.471. The van der Waals surface area contributed by atoms with Crippen molar-refractivity contribution in [2.75, 3.05) is 0 Å². The zero-order valence-electron chi connectivity index (χ0n) is 9.13. The van der Waals surface area contributed by atoms with E-state index in [1.807, 2.05) is 6.08 Å². The molecule has 0 aliphatic heterocycles. The van der Waals surface area contributed by atoms with E-state index in [2.05, 4.69) is 6.58 Å². The van der Waals surface area contributed by atoms with Gasteiger partial charge in [-0.1, -0.05) is 29.8 Å². The molecule has 1 atom stereocenters. The Labute approximate surface area is 101 Å². The van der Waals surface area contributed by atoms with Crippen molar-refractivity contribution in [1.29, 1.82) is 0 Å². The van der Waals surface area contributed by atoms with Gasteiger partial charge in [0.25, 0.3) is 0 Å². The van der Waals surface area contributed by atoms with Crippen molar-refractivity contribution in [2.45, 2.75) is 31.8 Å². The van der Waals surface area contributed by atoms with Crippen LogP contribution in [0.25, 0.3) is 0 Å². The molecule has 0 saturated carbocycles. The van der Waals surface area contributed by atoms with E-state index in [9.17, 15) is 9.50 Å². The average Bonchev–Trinajstić information content (AvgIpc) is 2.25. The number of halogens is 2. The Morgan fingerprint density at radius 2 is 2.25 bits per heavy atom. The fraction of sp³-hybridized carbons (Fsp3) is 0.385. The van der Waals surface area contributed by atoms with Gasteiger partial charge in [-0.05, 0) is 30.9 Å². The number of hydrogen-bond donors (Lipinski definition) is 1. The van der Waals surface area contributed by atoms with Crippen molar-refractivity contribution in [3.05, 3.63) is 47.3 Å². The molecule has 0 radical (unpaired) electrons. The maximum absolute atomic E-state index is 13.5. The molecule has 0 spiro atoms. The lowest BCUT2D eigenvalue weighted by Crippen LogP contribution is -2.11. The number of aliphatic hydroxyl groups excluding tert-OH is 1. The lowest BCUT2D eigenvalue weighted by Gasteiger charge is -2.11. The highest BCUT2D eigenvalue weighted by Gasteiger charge is 2.11. The van der Waals surface area contributed by atoms with E-state index in [0.29, 0.717) is 18.4 Å². The van der Waals surface area contributed by atoms with E-state index in [4.69, 9.17) is 11.6 Å². The summed E-state index contributed by atoms with van der Waals surface area (Å²) < 4.78 is 13.5. The predicted octanol–water partition coefficient (Wildman–Crippen LogP) is 3.74. The van der Waals surface area contributed by atoms with Gasteiger partial charge in [0.05, 0.1) is 11.1 Å². The Balaban J connectivity index is 2.52. The van der Waals surface area contributed by atoms with Gasteiger partial charge in [-0.15, -0.1) is 6.58 Å². The summed E-state index contributed by atoms with van der Waals surface area (Å²) in [5, 5.41) is 9.81. The van der Waals surface area contributed by atoms with Crippen LogP contribution < -0.4 is 0 Å². The molecule has 1 rings (SSSR count). The number of hydrogen-bond acceptors (Lipinski definition) is 1. The fourth-order valence-electron chi connectivity index (χ4n) is 1.56. The molecule has 0 heterocycles. The van der Waals surface area contributed by atoms with Gasteiger partial charge in [0, 0.05) is 6.42 Å². The van der Waals surface area contributed by atoms with Crippen LogP contribution in [0.1, 0.15) is 24.8 Å². The van der Waals surface area contributed by atoms with Crippen LogP contribution in [0.5, 0.6) is 0 Å². The molecule has 0 aliphatic carbocycles. The molecule has 16 heavy (non-hydrogen) atoms. The van der Waals surface area contributed by atoms with Crippen molar-refractivity contribution in [2.24, 2.45) is 0 Å². The first-order valence-corrected chi connectivity index (χ1v) is 5.74. The quantitative estimate of drug-likeness (QED) is 0.595. The second-order valence-electron chi connectivity index (χ2n) is 3.79. The zero-order valence-corrected chi connectivity index (χ0v) is 9.88. The Kier molecular flexibility index (Phi) is 5.50. The molecule has 0 amide bonds. The van der Waals surface area contributed by atoms with Crippen molar-refractivity contribution >= 4 is 11.6 Å². The smallest absolute Gasteiger partial charge is 0.145 e. The van der Waals surface area contributed by atoms with E-state index >= 15 is 0 Å². The van der Waals surface area contributed by atoms with Gasteiger partial charge < -0.3 is 5.11 Å². The second-order valence-corrected chi connectivity index (χ2v) is 4.20. The summed E-state index contributed by atoms with van der Waals surface area (Å²) in [6.45, 7) is 3.61. The minimum Gasteiger partial charge on any atom is -0.393 e. The molecule has 3 heteroatoms. The average molecular weight is 243 g/mol. The van der Waals surface area contributed by atoms with Gasteiger partial charge in [0.2, 0.25) is 0 Å². The number of benzene rings is 1. The van der Waals surface area contributed by atoms with Crippen molar-refractivity contribution in [3.8, 4) is 0 Å². The van der Waals surface area contributed by atoms with Crippen LogP contribution in [0.15, 0.2) is 30.9 Å². The van der Waals surface area contributed by atoms with E-state index in [1.165, 1.54) is 6.07 Å². The van der Waals surface area contributed by atoms with E-state index in [1.54, 1.807) is 12.1 Å². The topological polar surface area (TPSA) is 20.2 Å². The maximum Gasteiger partial charge on any atom is 0.145 e. The summed E-state index contributed by atoms with van der Waals surface area (Å²) in [6, 6.07) is 4.85. The molecule has 0 aromatic heterocycles. The minimum absolute atomic E-state index is 0.107. The molecular weight excluding hydrogens is 227 g/mol. The molecule has 88 valence electrons. The third kappa shape index (κ3) is 3.95. The summed E-state index contributed by atoms with van der Waals surface area (Å²) in [5.74, 6) is -0.424. The van der Waals surface area contributed by atoms with Crippen molar-refractivity contribution in [1.82, 2.24) is 0 Å². The van der Waals surface area contributed by atoms with Gasteiger partial charge in [0.1, 0.15) is 5.82 Å². The van der Waals surface area contributed by atoms with Crippen LogP contribution in [0.4, 0.5) is 4.39 Å². The molecule has 1 aromatic carbocycles. The lowest BCUT2D eigenvalue weighted by atomic mass is 10.0. The third-order valence-electron chi connectivity index (χ3n) is 2.43. The van der Waals surface area contributed by atoms with Crippen LogP contribution in [0.2, 0.25) is 5.02 Å². The summed E-state index contributed by atoms with van der Waals surface area (Å²) in [7, 11) is 0. The standard InChI is InChI=1S/C13H16ClFO/c1-2-3-4-7-11(16)9-10-6-5-8-12(14)13(10)15/h2,5-6,8,11,16H,1,3-4,7,9H2. The molecule has 0 saturated heterocycles. The molecule has 0 aliphatic rings. The highest BCUT2D eigenvalue weighted by atomic mass is 35.5. The van der Waals surface area contributed by atoms with Crippen molar-refractivity contribution in [3.63, 3.8) is 0 Å². The Bertz CT molecular complexity index is 352. The summed E-state index contributed by atoms with van der Waals surface area (Å²) >= 11 is 5.65. The number of unbranched alkanes of at least 4 members (excludes halogenated alkanes) is 1. The number of rotatable bonds is 6. The van der Waals surface area contributed by atoms with Gasteiger partial charge in [-0.25, -0.2) is 4.39 Å². The molecule has 1 nitrogen and oxygen atoms in total. The Hall–Kier alpha value is -0.860. The normalized spacial score (nSPS) is 12.4. The van der Waals surface area contributed by atoms with E-state index < -0.39 is 11.9 Å². The molecule has 0 fully saturated rings. The highest BCUT2D eigenvalue weighted by molar-refractivity contribution is 6.30. The van der Waals surface area contributed by atoms with E-state index in [-0.39, 0.29) is 5.02 Å². The highest BCUT2D eigenvalue weighted by Crippen LogP contribution is 2.20. The SMILES string of the molecule is C=CCCCC(O)Cc1cccc(Cl)c1F. The molecule has 1 aromatic rings. The zero-order chi connectivity index (χ0) is 12.0. The second kappa shape index (κ2) is 6.66. The van der Waals surface area contributed by atoms with E-state index in [0.717, 1.165) is 12.8 Å². The van der Waals surface area contributed by atoms with Crippen LogP contribution in [-0.2, 0) is 6.42 Å². The third-order valence-corrected chi connectivity index (χ3v) is 2.72. The first-order chi connectivity index (χ1) is 7.65. The van der Waals surface area contributed by atoms with Gasteiger partial charge in [-0.3, -0.25) is 0 Å². The van der Waals surface area contributed by atoms with Crippen LogP contribution in [0.3, 0.4) is 0 Å². The fourth-order valence-corrected chi connectivity index (χ4v) is 1.75. The van der Waals surface area contributed by atoms with Gasteiger partial charge >= 0.3 is 0 Å². The number of aliphatic hydroxyl groups is 1. The molecule has 1 unspecified atom stereocenters. The number of allylic oxidation sites excluding steroid dienone is 1. The minimum atomic E-state index is -0.520. The molecule has 0 bridgehead atoms. The first-order valence-electron chi connectivity index (χ1n) is 5.37. The molecule has 1 N–H and O–H groups in total. The monoisotopic (exact) mass is 242 g/mol. The first kappa shape index (κ1) is 13.2. The predicted molar refractivity (Wildman–Crippen MR) is 65.2 cm³/mol. The maximum atomic E-state index is 13.5. The molecular formula is C13H16ClFO. The van der Waals surface area contributed by atoms with Gasteiger partial charge in [-0.2, -0.15) is 0 Å². The van der Waals surface area contributed by atoms with Crippen LogP contribution >= 0.6 is 11.6 Å². The summed E-state index contributed by atoms with van der Waals surface area (Å²) in [4.78, 5) is 0. The van der Waals surface area contributed by atoms with Gasteiger partial charge in [0.15, 0.2) is 0 Å². The van der Waals surface area contributed by atoms with Crippen molar-refractivity contribution < 1.29 is 9.50 Å². The van der Waals surface area contributed by atoms with Crippen LogP contribution in [-0.4, -0.2) is 11.2 Å². The summed E-state index contributed by atoms with van der Waals surface area (Å²) in [6.07, 6.45) is 3.99. The van der Waals surface area contributed by atoms with Crippen LogP contribution in [0, 0.1) is 5.82 Å². The Morgan fingerprint density at radius 1 is 1.50 bits per heavy atom. The largest absolute Gasteiger partial charge is 0.393 e.